The molecule has 4 nitrogen and oxygen atoms in total. The van der Waals surface area contributed by atoms with Crippen LogP contribution in [0.15, 0.2) is 63.8 Å². The van der Waals surface area contributed by atoms with Gasteiger partial charge in [-0.2, -0.15) is 0 Å². The number of rotatable bonds is 5. The number of nitrogens with zero attached hydrogens (tertiary/aromatic N) is 1. The lowest BCUT2D eigenvalue weighted by Gasteiger charge is -2.29. The van der Waals surface area contributed by atoms with Gasteiger partial charge in [0.2, 0.25) is 0 Å². The Kier molecular flexibility index (Phi) is 5.52. The van der Waals surface area contributed by atoms with Crippen molar-refractivity contribution in [3.05, 3.63) is 81.7 Å². The Labute approximate surface area is 171 Å². The fourth-order valence-electron chi connectivity index (χ4n) is 4.15. The lowest BCUT2D eigenvalue weighted by Crippen LogP contribution is -2.40. The molecule has 1 heterocycles. The Bertz CT molecular complexity index is 1060. The van der Waals surface area contributed by atoms with Crippen molar-refractivity contribution in [3.63, 3.8) is 0 Å². The molecule has 0 spiro atoms. The summed E-state index contributed by atoms with van der Waals surface area (Å²) in [4.78, 5) is 27.9. The van der Waals surface area contributed by atoms with E-state index < -0.39 is 5.63 Å². The largest absolute Gasteiger partial charge is 0.422 e. The number of hydrogen-bond acceptors (Lipinski definition) is 3. The van der Waals surface area contributed by atoms with E-state index in [1.807, 2.05) is 23.1 Å². The highest BCUT2D eigenvalue weighted by atomic mass is 16.4. The molecule has 1 amide bonds. The summed E-state index contributed by atoms with van der Waals surface area (Å²) in [6.45, 7) is 4.85. The van der Waals surface area contributed by atoms with Gasteiger partial charge in [-0.1, -0.05) is 69.2 Å². The van der Waals surface area contributed by atoms with Gasteiger partial charge in [0.25, 0.3) is 5.91 Å². The summed E-state index contributed by atoms with van der Waals surface area (Å²) < 4.78 is 5.42. The first kappa shape index (κ1) is 19.4. The normalized spacial score (nSPS) is 14.6. The lowest BCUT2D eigenvalue weighted by molar-refractivity contribution is 0.0660. The van der Waals surface area contributed by atoms with Gasteiger partial charge >= 0.3 is 5.63 Å². The summed E-state index contributed by atoms with van der Waals surface area (Å²) in [5.74, 6) is 0.239. The third-order valence-electron chi connectivity index (χ3n) is 5.90. The molecule has 2 aromatic carbocycles. The van der Waals surface area contributed by atoms with Gasteiger partial charge in [0, 0.05) is 18.0 Å². The maximum absolute atomic E-state index is 13.4. The van der Waals surface area contributed by atoms with Gasteiger partial charge in [-0.05, 0) is 42.0 Å². The second kappa shape index (κ2) is 8.24. The van der Waals surface area contributed by atoms with E-state index in [0.29, 0.717) is 18.0 Å². The predicted octanol–water partition coefficient (Wildman–Crippen LogP) is 5.50. The SMILES string of the molecule is CC(C)c1ccc(CN(C(=O)c2cc3ccccc3oc2=O)C2CCCC2)cc1. The number of para-hydroxylation sites is 1. The Balaban J connectivity index is 1.67. The van der Waals surface area contributed by atoms with Crippen LogP contribution >= 0.6 is 0 Å². The van der Waals surface area contributed by atoms with Gasteiger partial charge in [-0.3, -0.25) is 4.79 Å². The Hall–Kier alpha value is -2.88. The molecule has 1 aliphatic carbocycles. The lowest BCUT2D eigenvalue weighted by atomic mass is 10.0. The predicted molar refractivity (Wildman–Crippen MR) is 115 cm³/mol. The fourth-order valence-corrected chi connectivity index (χ4v) is 4.15. The van der Waals surface area contributed by atoms with Crippen molar-refractivity contribution in [1.29, 1.82) is 0 Å². The minimum absolute atomic E-state index is 0.120. The first-order chi connectivity index (χ1) is 14.0. The summed E-state index contributed by atoms with van der Waals surface area (Å²) in [6.07, 6.45) is 4.20. The average Bonchev–Trinajstić information content (AvgIpc) is 3.26. The minimum atomic E-state index is -0.563. The van der Waals surface area contributed by atoms with Gasteiger partial charge in [0.05, 0.1) is 0 Å². The average molecular weight is 389 g/mol. The molecule has 0 atom stereocenters. The van der Waals surface area contributed by atoms with Crippen molar-refractivity contribution >= 4 is 16.9 Å². The van der Waals surface area contributed by atoms with Crippen LogP contribution in [0.1, 0.15) is 66.9 Å². The fraction of sp³-hybridized carbons (Fsp3) is 0.360. The third kappa shape index (κ3) is 4.12. The smallest absolute Gasteiger partial charge is 0.349 e. The van der Waals surface area contributed by atoms with Crippen molar-refractivity contribution in [3.8, 4) is 0 Å². The standard InChI is InChI=1S/C25H27NO3/c1-17(2)19-13-11-18(12-14-19)16-26(21-8-4-5-9-21)24(27)22-15-20-7-3-6-10-23(20)29-25(22)28/h3,6-7,10-15,17,21H,4-5,8-9,16H2,1-2H3. The molecule has 0 aliphatic heterocycles. The molecule has 0 bridgehead atoms. The molecule has 29 heavy (non-hydrogen) atoms. The van der Waals surface area contributed by atoms with E-state index in [2.05, 4.69) is 38.1 Å². The quantitative estimate of drug-likeness (QED) is 0.541. The second-order valence-electron chi connectivity index (χ2n) is 8.25. The molecule has 1 aliphatic rings. The third-order valence-corrected chi connectivity index (χ3v) is 5.90. The van der Waals surface area contributed by atoms with Gasteiger partial charge < -0.3 is 9.32 Å². The molecule has 0 unspecified atom stereocenters. The molecule has 1 saturated carbocycles. The highest BCUT2D eigenvalue weighted by Gasteiger charge is 2.29. The van der Waals surface area contributed by atoms with Crippen LogP contribution in [-0.4, -0.2) is 16.8 Å². The monoisotopic (exact) mass is 389 g/mol. The summed E-state index contributed by atoms with van der Waals surface area (Å²) in [5, 5.41) is 0.767. The first-order valence-electron chi connectivity index (χ1n) is 10.5. The zero-order valence-electron chi connectivity index (χ0n) is 17.1. The summed E-state index contributed by atoms with van der Waals surface area (Å²) in [6, 6.07) is 17.6. The topological polar surface area (TPSA) is 50.5 Å². The number of benzene rings is 2. The van der Waals surface area contributed by atoms with E-state index in [0.717, 1.165) is 36.6 Å². The summed E-state index contributed by atoms with van der Waals surface area (Å²) >= 11 is 0. The first-order valence-corrected chi connectivity index (χ1v) is 10.5. The molecular weight excluding hydrogens is 362 g/mol. The molecule has 1 aromatic heterocycles. The van der Waals surface area contributed by atoms with E-state index in [1.54, 1.807) is 12.1 Å². The molecule has 0 saturated heterocycles. The Morgan fingerprint density at radius 3 is 2.45 bits per heavy atom. The van der Waals surface area contributed by atoms with Crippen molar-refractivity contribution in [2.24, 2.45) is 0 Å². The van der Waals surface area contributed by atoms with Crippen LogP contribution in [0.3, 0.4) is 0 Å². The van der Waals surface area contributed by atoms with Crippen LogP contribution in [0.4, 0.5) is 0 Å². The number of fused-ring (bicyclic) bond motifs is 1. The molecule has 4 rings (SSSR count). The number of carbonyl (C=O) groups is 1. The molecule has 4 heteroatoms. The van der Waals surface area contributed by atoms with E-state index >= 15 is 0 Å². The number of amides is 1. The van der Waals surface area contributed by atoms with Crippen LogP contribution < -0.4 is 5.63 Å². The maximum atomic E-state index is 13.4. The van der Waals surface area contributed by atoms with E-state index in [4.69, 9.17) is 4.42 Å². The van der Waals surface area contributed by atoms with Crippen molar-refractivity contribution in [1.82, 2.24) is 4.90 Å². The van der Waals surface area contributed by atoms with Crippen LogP contribution in [-0.2, 0) is 6.54 Å². The van der Waals surface area contributed by atoms with Crippen LogP contribution in [0.2, 0.25) is 0 Å². The highest BCUT2D eigenvalue weighted by Crippen LogP contribution is 2.27. The molecular formula is C25H27NO3. The van der Waals surface area contributed by atoms with Crippen LogP contribution in [0, 0.1) is 0 Å². The van der Waals surface area contributed by atoms with Crippen LogP contribution in [0.25, 0.3) is 11.0 Å². The van der Waals surface area contributed by atoms with E-state index in [-0.39, 0.29) is 17.5 Å². The van der Waals surface area contributed by atoms with E-state index in [9.17, 15) is 9.59 Å². The highest BCUT2D eigenvalue weighted by molar-refractivity contribution is 5.96. The Morgan fingerprint density at radius 2 is 1.76 bits per heavy atom. The molecule has 150 valence electrons. The minimum Gasteiger partial charge on any atom is -0.422 e. The van der Waals surface area contributed by atoms with Gasteiger partial charge in [-0.15, -0.1) is 0 Å². The van der Waals surface area contributed by atoms with Gasteiger partial charge in [-0.25, -0.2) is 4.79 Å². The Morgan fingerprint density at radius 1 is 1.07 bits per heavy atom. The van der Waals surface area contributed by atoms with Crippen molar-refractivity contribution < 1.29 is 9.21 Å². The van der Waals surface area contributed by atoms with Gasteiger partial charge in [0.1, 0.15) is 11.1 Å². The maximum Gasteiger partial charge on any atom is 0.349 e. The van der Waals surface area contributed by atoms with Crippen molar-refractivity contribution in [2.45, 2.75) is 58.0 Å². The summed E-state index contributed by atoms with van der Waals surface area (Å²) in [5.41, 5.74) is 2.43. The van der Waals surface area contributed by atoms with Crippen LogP contribution in [0.5, 0.6) is 0 Å². The molecule has 0 radical (unpaired) electrons. The second-order valence-corrected chi connectivity index (χ2v) is 8.25. The number of hydrogen-bond donors (Lipinski definition) is 0. The number of carbonyl (C=O) groups excluding carboxylic acids is 1. The molecule has 1 fully saturated rings. The van der Waals surface area contributed by atoms with Gasteiger partial charge in [0.15, 0.2) is 0 Å². The van der Waals surface area contributed by atoms with Crippen molar-refractivity contribution in [2.75, 3.05) is 0 Å². The molecule has 3 aromatic rings. The zero-order valence-corrected chi connectivity index (χ0v) is 17.1. The zero-order chi connectivity index (χ0) is 20.4. The summed E-state index contributed by atoms with van der Waals surface area (Å²) in [7, 11) is 0. The molecule has 0 N–H and O–H groups in total. The van der Waals surface area contributed by atoms with E-state index in [1.165, 1.54) is 5.56 Å².